The molecule has 0 aliphatic rings. The van der Waals surface area contributed by atoms with Gasteiger partial charge in [0.1, 0.15) is 10.8 Å². The van der Waals surface area contributed by atoms with Gasteiger partial charge in [0.15, 0.2) is 11.6 Å². The van der Waals surface area contributed by atoms with Crippen LogP contribution in [-0.2, 0) is 28.9 Å². The molecule has 0 bridgehead atoms. The third kappa shape index (κ3) is 9.81. The predicted octanol–water partition coefficient (Wildman–Crippen LogP) is 4.51. The first-order valence-electron chi connectivity index (χ1n) is 12.2. The maximum atomic E-state index is 13.5. The zero-order valence-corrected chi connectivity index (χ0v) is 22.0. The summed E-state index contributed by atoms with van der Waals surface area (Å²) in [5, 5.41) is 20.4. The molecule has 2 aromatic carbocycles. The molecule has 0 saturated heterocycles. The molecule has 0 saturated carbocycles. The second-order valence-corrected chi connectivity index (χ2v) is 9.73. The number of halogens is 1. The van der Waals surface area contributed by atoms with Crippen LogP contribution in [0.4, 0.5) is 9.52 Å². The van der Waals surface area contributed by atoms with Gasteiger partial charge in [-0.2, -0.15) is 0 Å². The Bertz CT molecular complexity index is 1280. The monoisotopic (exact) mass is 538 g/mol. The van der Waals surface area contributed by atoms with Gasteiger partial charge in [-0.3, -0.25) is 9.59 Å². The summed E-state index contributed by atoms with van der Waals surface area (Å²) in [6, 6.07) is 13.7. The smallest absolute Gasteiger partial charge is 0.251 e. The minimum absolute atomic E-state index is 0.0151. The molecule has 0 atom stereocenters. The third-order valence-electron chi connectivity index (χ3n) is 5.56. The molecule has 0 fully saturated rings. The van der Waals surface area contributed by atoms with E-state index in [0.717, 1.165) is 23.4 Å². The van der Waals surface area contributed by atoms with Crippen LogP contribution in [0, 0.1) is 11.2 Å². The molecule has 1 aromatic heterocycles. The number of aliphatic imine (C=N–C) groups is 1. The maximum Gasteiger partial charge on any atom is 0.251 e. The van der Waals surface area contributed by atoms with E-state index in [2.05, 4.69) is 20.5 Å². The highest BCUT2D eigenvalue weighted by molar-refractivity contribution is 7.15. The largest absolute Gasteiger partial charge is 0.494 e. The molecule has 3 rings (SSSR count). The van der Waals surface area contributed by atoms with E-state index in [0.29, 0.717) is 42.1 Å². The van der Waals surface area contributed by atoms with Crippen LogP contribution >= 0.6 is 11.3 Å². The highest BCUT2D eigenvalue weighted by Gasteiger charge is 2.10. The molecular formula is C27H31FN6O3S. The summed E-state index contributed by atoms with van der Waals surface area (Å²) in [6.07, 6.45) is 3.96. The van der Waals surface area contributed by atoms with Crippen LogP contribution < -0.4 is 15.8 Å². The van der Waals surface area contributed by atoms with Crippen molar-refractivity contribution in [1.29, 1.82) is 5.41 Å². The van der Waals surface area contributed by atoms with Gasteiger partial charge in [-0.05, 0) is 48.9 Å². The fourth-order valence-corrected chi connectivity index (χ4v) is 4.41. The van der Waals surface area contributed by atoms with Crippen LogP contribution in [0.25, 0.3) is 0 Å². The number of unbranched alkanes of at least 4 members (excludes halogenated alkanes) is 1. The number of amidine groups is 1. The fraction of sp³-hybridized carbons (Fsp3) is 0.333. The summed E-state index contributed by atoms with van der Waals surface area (Å²) < 4.78 is 18.4. The van der Waals surface area contributed by atoms with E-state index in [1.165, 1.54) is 36.6 Å². The summed E-state index contributed by atoms with van der Waals surface area (Å²) in [5.74, 6) is -0.827. The lowest BCUT2D eigenvalue weighted by molar-refractivity contribution is -0.117. The Morgan fingerprint density at radius 2 is 1.84 bits per heavy atom. The molecule has 38 heavy (non-hydrogen) atoms. The van der Waals surface area contributed by atoms with E-state index in [1.807, 2.05) is 30.3 Å². The predicted molar refractivity (Wildman–Crippen MR) is 146 cm³/mol. The number of carbonyl (C=O) groups excluding carboxylic acids is 2. The van der Waals surface area contributed by atoms with Crippen molar-refractivity contribution >= 4 is 39.8 Å². The molecule has 2 amide bonds. The second kappa shape index (κ2) is 14.7. The van der Waals surface area contributed by atoms with Crippen molar-refractivity contribution in [3.8, 4) is 5.75 Å². The lowest BCUT2D eigenvalue weighted by atomic mass is 10.1. The Labute approximate surface area is 224 Å². The Morgan fingerprint density at radius 1 is 1.05 bits per heavy atom. The van der Waals surface area contributed by atoms with Crippen molar-refractivity contribution in [3.63, 3.8) is 0 Å². The minimum Gasteiger partial charge on any atom is -0.494 e. The zero-order valence-electron chi connectivity index (χ0n) is 21.2. The van der Waals surface area contributed by atoms with Crippen LogP contribution in [0.1, 0.15) is 48.2 Å². The van der Waals surface area contributed by atoms with Gasteiger partial charge in [-0.25, -0.2) is 9.38 Å². The molecular weight excluding hydrogens is 507 g/mol. The number of carbonyl (C=O) groups is 2. The van der Waals surface area contributed by atoms with Gasteiger partial charge in [-0.15, -0.1) is 10.2 Å². The van der Waals surface area contributed by atoms with E-state index in [1.54, 1.807) is 0 Å². The van der Waals surface area contributed by atoms with Crippen molar-refractivity contribution in [2.75, 3.05) is 12.4 Å². The van der Waals surface area contributed by atoms with Crippen molar-refractivity contribution < 1.29 is 18.7 Å². The van der Waals surface area contributed by atoms with Crippen molar-refractivity contribution in [2.45, 2.75) is 51.4 Å². The van der Waals surface area contributed by atoms with E-state index in [-0.39, 0.29) is 30.3 Å². The standard InChI is InChI=1S/C27H31FN6O3S/c1-37-22-15-19(11-13-21(22)28)17-24(35)31-23(30)14-12-20(29)9-5-6-10-26-33-34-27(38-26)32-25(36)16-18-7-3-2-4-8-18/h2-4,7-8,11,13,15,29H,5-6,9-10,12,14,16-17H2,1H3,(H2,30,31,35)(H,32,34,36). The molecule has 1 heterocycles. The molecule has 0 aliphatic carbocycles. The SMILES string of the molecule is COc1cc(CC(=O)N=C(N)CCC(=N)CCCCc2nnc(NC(=O)Cc3ccccc3)s2)ccc1F. The molecule has 4 N–H and O–H groups in total. The Balaban J connectivity index is 1.31. The highest BCUT2D eigenvalue weighted by Crippen LogP contribution is 2.19. The summed E-state index contributed by atoms with van der Waals surface area (Å²) in [6.45, 7) is 0. The molecule has 9 nitrogen and oxygen atoms in total. The molecule has 200 valence electrons. The highest BCUT2D eigenvalue weighted by atomic mass is 32.1. The topological polar surface area (TPSA) is 143 Å². The van der Waals surface area contributed by atoms with E-state index in [9.17, 15) is 14.0 Å². The quantitative estimate of drug-likeness (QED) is 0.157. The normalized spacial score (nSPS) is 11.3. The number of methoxy groups -OCH3 is 1. The van der Waals surface area contributed by atoms with Gasteiger partial charge in [0.05, 0.1) is 20.0 Å². The maximum absolute atomic E-state index is 13.5. The first-order valence-corrected chi connectivity index (χ1v) is 13.0. The molecule has 0 radical (unpaired) electrons. The molecule has 11 heteroatoms. The molecule has 3 aromatic rings. The average Bonchev–Trinajstić information content (AvgIpc) is 3.33. The number of nitrogens with two attached hydrogens (primary N) is 1. The number of nitrogens with one attached hydrogen (secondary N) is 2. The number of aromatic nitrogens is 2. The Morgan fingerprint density at radius 3 is 2.61 bits per heavy atom. The van der Waals surface area contributed by atoms with E-state index in [4.69, 9.17) is 15.9 Å². The Hall–Kier alpha value is -3.99. The van der Waals surface area contributed by atoms with Crippen LogP contribution in [0.2, 0.25) is 0 Å². The van der Waals surface area contributed by atoms with Gasteiger partial charge in [-0.1, -0.05) is 47.7 Å². The third-order valence-corrected chi connectivity index (χ3v) is 6.46. The molecule has 0 unspecified atom stereocenters. The van der Waals surface area contributed by atoms with Gasteiger partial charge in [0.2, 0.25) is 11.0 Å². The Kier molecular flexibility index (Phi) is 11.0. The van der Waals surface area contributed by atoms with Crippen LogP contribution in [0.15, 0.2) is 53.5 Å². The fourth-order valence-electron chi connectivity index (χ4n) is 3.61. The lowest BCUT2D eigenvalue weighted by Crippen LogP contribution is -2.16. The zero-order chi connectivity index (χ0) is 27.3. The van der Waals surface area contributed by atoms with E-state index < -0.39 is 11.7 Å². The summed E-state index contributed by atoms with van der Waals surface area (Å²) >= 11 is 1.36. The van der Waals surface area contributed by atoms with Crippen LogP contribution in [-0.4, -0.2) is 40.7 Å². The first kappa shape index (κ1) is 28.6. The number of anilines is 1. The number of hydrogen-bond donors (Lipinski definition) is 3. The first-order chi connectivity index (χ1) is 18.3. The summed E-state index contributed by atoms with van der Waals surface area (Å²) in [5.41, 5.74) is 7.92. The van der Waals surface area contributed by atoms with Gasteiger partial charge < -0.3 is 21.2 Å². The average molecular weight is 539 g/mol. The number of ether oxygens (including phenoxy) is 1. The number of amides is 2. The minimum atomic E-state index is -0.499. The van der Waals surface area contributed by atoms with Gasteiger partial charge in [0, 0.05) is 18.6 Å². The molecule has 0 aliphatic heterocycles. The summed E-state index contributed by atoms with van der Waals surface area (Å²) in [4.78, 5) is 28.2. The van der Waals surface area contributed by atoms with Crippen molar-refractivity contribution in [2.24, 2.45) is 10.7 Å². The van der Waals surface area contributed by atoms with Crippen LogP contribution in [0.3, 0.4) is 0 Å². The van der Waals surface area contributed by atoms with Crippen molar-refractivity contribution in [3.05, 3.63) is 70.5 Å². The van der Waals surface area contributed by atoms with Gasteiger partial charge >= 0.3 is 0 Å². The number of nitrogens with zero attached hydrogens (tertiary/aromatic N) is 3. The number of benzene rings is 2. The summed E-state index contributed by atoms with van der Waals surface area (Å²) in [7, 11) is 1.36. The number of aryl methyl sites for hydroxylation is 1. The molecule has 0 spiro atoms. The number of rotatable bonds is 14. The van der Waals surface area contributed by atoms with E-state index >= 15 is 0 Å². The van der Waals surface area contributed by atoms with Crippen molar-refractivity contribution in [1.82, 2.24) is 10.2 Å². The lowest BCUT2D eigenvalue weighted by Gasteiger charge is -2.05. The second-order valence-electron chi connectivity index (χ2n) is 8.66. The number of hydrogen-bond acceptors (Lipinski definition) is 7. The van der Waals surface area contributed by atoms with Gasteiger partial charge in [0.25, 0.3) is 5.91 Å². The van der Waals surface area contributed by atoms with Crippen LogP contribution in [0.5, 0.6) is 5.75 Å².